The Morgan fingerprint density at radius 3 is 2.27 bits per heavy atom. The number of likely N-dealkylation sites (N-methyl/N-ethyl adjacent to an activating group) is 1. The molecule has 1 unspecified atom stereocenters. The van der Waals surface area contributed by atoms with Gasteiger partial charge in [0.2, 0.25) is 0 Å². The molecular formula is C7H15ClNO5P. The fourth-order valence-corrected chi connectivity index (χ4v) is 1.65. The van der Waals surface area contributed by atoms with Gasteiger partial charge in [0.15, 0.2) is 0 Å². The zero-order valence-corrected chi connectivity index (χ0v) is 10.7. The molecule has 15 heavy (non-hydrogen) atoms. The van der Waals surface area contributed by atoms with Gasteiger partial charge >= 0.3 is 12.9 Å². The first-order valence-electron chi connectivity index (χ1n) is 4.22. The van der Waals surface area contributed by atoms with Crippen LogP contribution in [0, 0.1) is 5.92 Å². The maximum Gasteiger partial charge on any atom is 0.476 e. The van der Waals surface area contributed by atoms with Crippen molar-refractivity contribution in [1.82, 2.24) is 5.06 Å². The first-order valence-corrected chi connectivity index (χ1v) is 6.70. The van der Waals surface area contributed by atoms with Gasteiger partial charge in [0.1, 0.15) is 6.04 Å². The van der Waals surface area contributed by atoms with Crippen LogP contribution in [0.2, 0.25) is 0 Å². The van der Waals surface area contributed by atoms with E-state index in [4.69, 9.17) is 21.0 Å². The highest BCUT2D eigenvalue weighted by atomic mass is 35.7. The summed E-state index contributed by atoms with van der Waals surface area (Å²) in [5, 5.41) is 1.24. The molecule has 0 aromatic carbocycles. The number of halogens is 1. The van der Waals surface area contributed by atoms with Crippen LogP contribution >= 0.6 is 18.2 Å². The highest BCUT2D eigenvalue weighted by molar-refractivity contribution is 7.80. The van der Waals surface area contributed by atoms with Crippen LogP contribution in [0.3, 0.4) is 0 Å². The summed E-state index contributed by atoms with van der Waals surface area (Å²) in [4.78, 5) is 25.0. The monoisotopic (exact) mass is 259 g/mol. The highest BCUT2D eigenvalue weighted by Crippen LogP contribution is 2.48. The van der Waals surface area contributed by atoms with Gasteiger partial charge in [0.25, 0.3) is 0 Å². The van der Waals surface area contributed by atoms with Gasteiger partial charge in [-0.15, -0.1) is 0 Å². The van der Waals surface area contributed by atoms with Crippen LogP contribution in [0.25, 0.3) is 0 Å². The Hall–Kier alpha value is -0.130. The molecule has 0 amide bonds. The van der Waals surface area contributed by atoms with Gasteiger partial charge in [0.05, 0.1) is 7.11 Å². The lowest BCUT2D eigenvalue weighted by Gasteiger charge is -2.26. The van der Waals surface area contributed by atoms with Crippen LogP contribution < -0.4 is 0 Å². The largest absolute Gasteiger partial charge is 0.476 e. The molecule has 0 saturated carbocycles. The van der Waals surface area contributed by atoms with Crippen LogP contribution in [0.5, 0.6) is 0 Å². The van der Waals surface area contributed by atoms with E-state index in [1.54, 1.807) is 13.8 Å². The van der Waals surface area contributed by atoms with Crippen molar-refractivity contribution in [3.8, 4) is 0 Å². The summed E-state index contributed by atoms with van der Waals surface area (Å²) in [5.41, 5.74) is 0. The van der Waals surface area contributed by atoms with Crippen LogP contribution in [-0.4, -0.2) is 36.1 Å². The maximum absolute atomic E-state index is 11.4. The fourth-order valence-electron chi connectivity index (χ4n) is 1.12. The molecule has 90 valence electrons. The summed E-state index contributed by atoms with van der Waals surface area (Å²) in [6, 6.07) is -0.783. The molecule has 0 aliphatic carbocycles. The Bertz CT molecular complexity index is 266. The van der Waals surface area contributed by atoms with E-state index in [9.17, 15) is 9.36 Å². The quantitative estimate of drug-likeness (QED) is 0.594. The third-order valence-electron chi connectivity index (χ3n) is 1.76. The van der Waals surface area contributed by atoms with E-state index in [2.05, 4.69) is 4.52 Å². The third-order valence-corrected chi connectivity index (χ3v) is 2.37. The molecule has 0 heterocycles. The average molecular weight is 260 g/mol. The van der Waals surface area contributed by atoms with Crippen molar-refractivity contribution in [2.24, 2.45) is 5.92 Å². The first-order chi connectivity index (χ1) is 6.69. The Balaban J connectivity index is 4.65. The zero-order valence-electron chi connectivity index (χ0n) is 9.01. The smallest absolute Gasteiger partial charge is 0.379 e. The van der Waals surface area contributed by atoms with E-state index >= 15 is 0 Å². The van der Waals surface area contributed by atoms with Gasteiger partial charge in [-0.05, 0) is 5.92 Å². The van der Waals surface area contributed by atoms with Crippen LogP contribution in [-0.2, 0) is 18.7 Å². The van der Waals surface area contributed by atoms with Crippen molar-refractivity contribution in [2.45, 2.75) is 19.9 Å². The number of hydrogen-bond donors (Lipinski definition) is 1. The number of nitrogens with zero attached hydrogens (tertiary/aromatic N) is 1. The second-order valence-corrected chi connectivity index (χ2v) is 5.65. The molecule has 8 heteroatoms. The second-order valence-electron chi connectivity index (χ2n) is 3.28. The number of rotatable bonds is 5. The molecule has 0 radical (unpaired) electrons. The van der Waals surface area contributed by atoms with Crippen molar-refractivity contribution in [3.05, 3.63) is 0 Å². The number of carbonyl (C=O) groups is 1. The molecule has 2 atom stereocenters. The molecule has 6 nitrogen and oxygen atoms in total. The van der Waals surface area contributed by atoms with Crippen molar-refractivity contribution in [2.75, 3.05) is 14.2 Å². The number of hydroxylamine groups is 2. The number of carbonyl (C=O) groups excluding carboxylic acids is 1. The summed E-state index contributed by atoms with van der Waals surface area (Å²) in [7, 11) is 2.89. The molecule has 0 saturated heterocycles. The predicted octanol–water partition coefficient (Wildman–Crippen LogP) is 1.39. The third kappa shape index (κ3) is 5.49. The molecule has 0 fully saturated rings. The molecule has 0 aromatic heterocycles. The van der Waals surface area contributed by atoms with Gasteiger partial charge in [-0.1, -0.05) is 13.8 Å². The van der Waals surface area contributed by atoms with E-state index in [0.29, 0.717) is 0 Å². The van der Waals surface area contributed by atoms with E-state index in [1.165, 1.54) is 19.2 Å². The van der Waals surface area contributed by atoms with Crippen LogP contribution in [0.1, 0.15) is 13.8 Å². The SMILES string of the molecule is CON(C)[C@H](C(=O)OP(=O)(O)Cl)C(C)C. The van der Waals surface area contributed by atoms with Crippen LogP contribution in [0.4, 0.5) is 0 Å². The minimum absolute atomic E-state index is 0.148. The van der Waals surface area contributed by atoms with Crippen molar-refractivity contribution in [1.29, 1.82) is 0 Å². The summed E-state index contributed by atoms with van der Waals surface area (Å²) in [5.74, 6) is -1.04. The molecule has 0 bridgehead atoms. The lowest BCUT2D eigenvalue weighted by Crippen LogP contribution is -2.42. The van der Waals surface area contributed by atoms with E-state index in [1.807, 2.05) is 0 Å². The maximum atomic E-state index is 11.4. The predicted molar refractivity (Wildman–Crippen MR) is 55.2 cm³/mol. The van der Waals surface area contributed by atoms with Crippen molar-refractivity contribution >= 4 is 24.2 Å². The lowest BCUT2D eigenvalue weighted by molar-refractivity contribution is -0.177. The first kappa shape index (κ1) is 14.9. The van der Waals surface area contributed by atoms with E-state index < -0.39 is 19.0 Å². The number of hydrogen-bond acceptors (Lipinski definition) is 5. The topological polar surface area (TPSA) is 76.1 Å². The zero-order chi connectivity index (χ0) is 12.2. The minimum Gasteiger partial charge on any atom is -0.379 e. The summed E-state index contributed by atoms with van der Waals surface area (Å²) < 4.78 is 14.9. The molecule has 0 aliphatic heterocycles. The molecule has 0 rings (SSSR count). The molecule has 0 spiro atoms. The van der Waals surface area contributed by atoms with E-state index in [-0.39, 0.29) is 5.92 Å². The van der Waals surface area contributed by atoms with Gasteiger partial charge in [-0.2, -0.15) is 5.06 Å². The summed E-state index contributed by atoms with van der Waals surface area (Å²) in [6.07, 6.45) is 0. The highest BCUT2D eigenvalue weighted by Gasteiger charge is 2.33. The summed E-state index contributed by atoms with van der Waals surface area (Å²) >= 11 is 4.93. The van der Waals surface area contributed by atoms with Crippen molar-refractivity contribution < 1.29 is 23.6 Å². The lowest BCUT2D eigenvalue weighted by atomic mass is 10.1. The van der Waals surface area contributed by atoms with Crippen LogP contribution in [0.15, 0.2) is 0 Å². The fraction of sp³-hybridized carbons (Fsp3) is 0.857. The summed E-state index contributed by atoms with van der Waals surface area (Å²) in [6.45, 7) is -0.829. The van der Waals surface area contributed by atoms with Gasteiger partial charge in [-0.25, -0.2) is 9.36 Å². The van der Waals surface area contributed by atoms with Gasteiger partial charge < -0.3 is 14.3 Å². The Labute approximate surface area is 93.4 Å². The minimum atomic E-state index is -4.33. The van der Waals surface area contributed by atoms with Gasteiger partial charge in [-0.3, -0.25) is 0 Å². The molecule has 0 aromatic rings. The molecular weight excluding hydrogens is 245 g/mol. The van der Waals surface area contributed by atoms with E-state index in [0.717, 1.165) is 0 Å². The normalized spacial score (nSPS) is 17.6. The molecule has 0 aliphatic rings. The Morgan fingerprint density at radius 2 is 2.00 bits per heavy atom. The second kappa shape index (κ2) is 5.82. The Morgan fingerprint density at radius 1 is 1.53 bits per heavy atom. The Kier molecular flexibility index (Phi) is 5.77. The van der Waals surface area contributed by atoms with Gasteiger partial charge in [0, 0.05) is 18.3 Å². The standard InChI is InChI=1S/C7H15ClNO5P/c1-5(2)6(9(3)13-4)7(10)14-15(8,11)12/h5-6H,1-4H3,(H,11,12)/t6-/m0/s1. The van der Waals surface area contributed by atoms with Crippen molar-refractivity contribution in [3.63, 3.8) is 0 Å². The molecule has 1 N–H and O–H groups in total. The average Bonchev–Trinajstić information content (AvgIpc) is 1.99.